The minimum atomic E-state index is -2.88. The molecule has 0 amide bonds. The van der Waals surface area contributed by atoms with E-state index in [9.17, 15) is 8.78 Å². The smallest absolute Gasteiger partial charge is 0.251 e. The fourth-order valence-electron chi connectivity index (χ4n) is 0.467. The van der Waals surface area contributed by atoms with Crippen molar-refractivity contribution in [2.45, 2.75) is 19.9 Å². The lowest BCUT2D eigenvalue weighted by molar-refractivity contribution is -0.0223. The molecule has 0 aromatic rings. The largest absolute Gasteiger partial charge is 0.354 e. The Hall–Kier alpha value is -0.380. The van der Waals surface area contributed by atoms with Gasteiger partial charge in [0, 0.05) is 12.3 Å². The molecule has 4 heteroatoms. The summed E-state index contributed by atoms with van der Waals surface area (Å²) in [6.07, 6.45) is 4.88. The second-order valence-electron chi connectivity index (χ2n) is 1.60. The van der Waals surface area contributed by atoms with E-state index in [0.717, 1.165) is 6.08 Å². The lowest BCUT2D eigenvalue weighted by Gasteiger charge is -2.21. The van der Waals surface area contributed by atoms with Crippen LogP contribution in [0.1, 0.15) is 13.8 Å². The van der Waals surface area contributed by atoms with E-state index in [1.165, 1.54) is 18.4 Å². The molecule has 11 heavy (non-hydrogen) atoms. The molecule has 0 saturated carbocycles. The lowest BCUT2D eigenvalue weighted by Crippen LogP contribution is -2.28. The number of rotatable bonds is 0. The summed E-state index contributed by atoms with van der Waals surface area (Å²) < 4.78 is 25.3. The molecule has 1 aliphatic heterocycles. The second kappa shape index (κ2) is 4.49. The van der Waals surface area contributed by atoms with Crippen molar-refractivity contribution in [2.75, 3.05) is 0 Å². The maximum absolute atomic E-state index is 12.3. The minimum Gasteiger partial charge on any atom is -0.251 e. The summed E-state index contributed by atoms with van der Waals surface area (Å²) >= 11 is 2.66. The van der Waals surface area contributed by atoms with Gasteiger partial charge in [0.15, 0.2) is 0 Å². The Morgan fingerprint density at radius 1 is 1.27 bits per heavy atom. The molecule has 1 aliphatic rings. The molecule has 0 unspecified atom stereocenters. The van der Waals surface area contributed by atoms with Crippen molar-refractivity contribution in [2.24, 2.45) is 0 Å². The van der Waals surface area contributed by atoms with Crippen LogP contribution in [0.2, 0.25) is 0 Å². The van der Waals surface area contributed by atoms with Crippen LogP contribution in [-0.4, -0.2) is 9.97 Å². The summed E-state index contributed by atoms with van der Waals surface area (Å²) in [5.41, 5.74) is 0. The van der Waals surface area contributed by atoms with E-state index in [1.807, 2.05) is 13.8 Å². The summed E-state index contributed by atoms with van der Waals surface area (Å²) in [4.78, 5) is 0. The zero-order valence-corrected chi connectivity index (χ0v) is 7.98. The van der Waals surface area contributed by atoms with Gasteiger partial charge in [-0.1, -0.05) is 19.9 Å². The van der Waals surface area contributed by atoms with Gasteiger partial charge in [-0.05, 0) is 6.08 Å². The van der Waals surface area contributed by atoms with Gasteiger partial charge >= 0.3 is 6.05 Å². The van der Waals surface area contributed by atoms with Gasteiger partial charge in [0.25, 0.3) is 0 Å². The van der Waals surface area contributed by atoms with E-state index in [4.69, 9.17) is 0 Å². The molecule has 0 spiro atoms. The van der Waals surface area contributed by atoms with Gasteiger partial charge in [-0.25, -0.2) is 0 Å². The molecule has 0 atom stereocenters. The number of halogens is 3. The van der Waals surface area contributed by atoms with E-state index in [1.54, 1.807) is 0 Å². The highest BCUT2D eigenvalue weighted by Gasteiger charge is 2.31. The summed E-state index contributed by atoms with van der Waals surface area (Å²) in [7, 11) is 0. The Kier molecular flexibility index (Phi) is 4.33. The third-order valence-corrected chi connectivity index (χ3v) is 1.62. The molecule has 0 aromatic heterocycles. The SMILES string of the molecule is CC.FC1(F)C=CC=CN1Br. The van der Waals surface area contributed by atoms with E-state index in [2.05, 4.69) is 16.1 Å². The van der Waals surface area contributed by atoms with Crippen LogP contribution < -0.4 is 0 Å². The highest BCUT2D eigenvalue weighted by atomic mass is 79.9. The van der Waals surface area contributed by atoms with Crippen LogP contribution >= 0.6 is 16.1 Å². The molecule has 1 rings (SSSR count). The topological polar surface area (TPSA) is 3.24 Å². The van der Waals surface area contributed by atoms with Crippen molar-refractivity contribution in [3.8, 4) is 0 Å². The Morgan fingerprint density at radius 3 is 2.09 bits per heavy atom. The Bertz CT molecular complexity index is 166. The van der Waals surface area contributed by atoms with Gasteiger partial charge in [0.1, 0.15) is 0 Å². The number of hydrogen-bond acceptors (Lipinski definition) is 1. The summed E-state index contributed by atoms with van der Waals surface area (Å²) in [6, 6.07) is -2.88. The van der Waals surface area contributed by atoms with Crippen molar-refractivity contribution >= 4 is 16.1 Å². The average molecular weight is 226 g/mol. The zero-order chi connectivity index (χ0) is 8.91. The molecule has 0 aromatic carbocycles. The maximum atomic E-state index is 12.3. The van der Waals surface area contributed by atoms with Crippen molar-refractivity contribution in [3.05, 3.63) is 24.4 Å². The number of alkyl halides is 2. The number of hydrogen-bond donors (Lipinski definition) is 0. The average Bonchev–Trinajstić information content (AvgIpc) is 2.00. The van der Waals surface area contributed by atoms with Crippen LogP contribution in [0.3, 0.4) is 0 Å². The van der Waals surface area contributed by atoms with Crippen LogP contribution in [0, 0.1) is 0 Å². The van der Waals surface area contributed by atoms with Gasteiger partial charge < -0.3 is 0 Å². The quantitative estimate of drug-likeness (QED) is 0.452. The fourth-order valence-corrected chi connectivity index (χ4v) is 0.722. The number of allylic oxidation sites excluding steroid dienone is 2. The Morgan fingerprint density at radius 2 is 1.82 bits per heavy atom. The Labute approximate surface area is 73.7 Å². The Balaban J connectivity index is 0.000000461. The molecule has 0 saturated heterocycles. The van der Waals surface area contributed by atoms with Crippen LogP contribution in [-0.2, 0) is 0 Å². The lowest BCUT2D eigenvalue weighted by atomic mass is 10.4. The van der Waals surface area contributed by atoms with E-state index >= 15 is 0 Å². The minimum absolute atomic E-state index is 0.667. The van der Waals surface area contributed by atoms with Gasteiger partial charge in [0.2, 0.25) is 0 Å². The molecular weight excluding hydrogens is 216 g/mol. The molecule has 1 nitrogen and oxygen atoms in total. The summed E-state index contributed by atoms with van der Waals surface area (Å²) in [5, 5.41) is 0. The van der Waals surface area contributed by atoms with E-state index in [0.29, 0.717) is 3.93 Å². The van der Waals surface area contributed by atoms with Gasteiger partial charge in [-0.2, -0.15) is 8.78 Å². The third kappa shape index (κ3) is 3.01. The van der Waals surface area contributed by atoms with Crippen LogP contribution in [0.15, 0.2) is 24.4 Å². The fraction of sp³-hybridized carbons (Fsp3) is 0.429. The van der Waals surface area contributed by atoms with E-state index < -0.39 is 6.05 Å². The van der Waals surface area contributed by atoms with Gasteiger partial charge in [-0.15, -0.1) is 0 Å². The molecule has 0 radical (unpaired) electrons. The predicted molar refractivity (Wildman–Crippen MR) is 45.3 cm³/mol. The maximum Gasteiger partial charge on any atom is 0.354 e. The van der Waals surface area contributed by atoms with Crippen molar-refractivity contribution < 1.29 is 8.78 Å². The first-order valence-electron chi connectivity index (χ1n) is 3.32. The highest BCUT2D eigenvalue weighted by Crippen LogP contribution is 2.27. The standard InChI is InChI=1S/C5H4BrF2N.C2H6/c6-9-4-2-1-3-5(9,7)8;1-2/h1-4H;1-2H3. The molecular formula is C7H10BrF2N. The van der Waals surface area contributed by atoms with Gasteiger partial charge in [-0.3, -0.25) is 3.93 Å². The summed E-state index contributed by atoms with van der Waals surface area (Å²) in [5.74, 6) is 0. The molecule has 0 bridgehead atoms. The van der Waals surface area contributed by atoms with Crippen LogP contribution in [0.5, 0.6) is 0 Å². The predicted octanol–water partition coefficient (Wildman–Crippen LogP) is 3.30. The van der Waals surface area contributed by atoms with Crippen LogP contribution in [0.25, 0.3) is 0 Å². The molecule has 1 heterocycles. The van der Waals surface area contributed by atoms with E-state index in [-0.39, 0.29) is 0 Å². The van der Waals surface area contributed by atoms with Crippen molar-refractivity contribution in [3.63, 3.8) is 0 Å². The molecule has 64 valence electrons. The monoisotopic (exact) mass is 225 g/mol. The third-order valence-electron chi connectivity index (χ3n) is 0.910. The first kappa shape index (κ1) is 10.6. The van der Waals surface area contributed by atoms with Gasteiger partial charge in [0.05, 0.1) is 16.1 Å². The summed E-state index contributed by atoms with van der Waals surface area (Å²) in [6.45, 7) is 4.00. The second-order valence-corrected chi connectivity index (χ2v) is 2.36. The molecule has 0 fully saturated rings. The van der Waals surface area contributed by atoms with Crippen LogP contribution in [0.4, 0.5) is 8.78 Å². The van der Waals surface area contributed by atoms with Crippen molar-refractivity contribution in [1.29, 1.82) is 0 Å². The zero-order valence-electron chi connectivity index (χ0n) is 6.39. The first-order valence-corrected chi connectivity index (χ1v) is 4.03. The normalized spacial score (nSPS) is 19.2. The highest BCUT2D eigenvalue weighted by molar-refractivity contribution is 9.07. The first-order chi connectivity index (χ1) is 5.13. The molecule has 0 aliphatic carbocycles. The number of nitrogens with zero attached hydrogens (tertiary/aromatic N) is 1. The van der Waals surface area contributed by atoms with Crippen molar-refractivity contribution in [1.82, 2.24) is 3.93 Å². The molecule has 0 N–H and O–H groups in total.